The average molecular weight is 284 g/mol. The van der Waals surface area contributed by atoms with Gasteiger partial charge in [0, 0.05) is 12.5 Å². The van der Waals surface area contributed by atoms with E-state index in [1.54, 1.807) is 18.2 Å². The molecule has 112 valence electrons. The van der Waals surface area contributed by atoms with Crippen LogP contribution < -0.4 is 15.2 Å². The van der Waals surface area contributed by atoms with Gasteiger partial charge in [-0.25, -0.2) is 0 Å². The molecule has 0 fully saturated rings. The molecule has 0 radical (unpaired) electrons. The number of hydrogen-bond acceptors (Lipinski definition) is 5. The fourth-order valence-corrected chi connectivity index (χ4v) is 1.22. The number of aliphatic hydroxyl groups excluding tert-OH is 1. The standard InChI is InChI=1S/C11H16N2O3.C2H4O2/c1-2-15-9-4-3-8(11(12)13)7-10(9)16-6-5-14;1-2(3)4/h3-4,7,14H,2,5-6H2,1H3,(H3,12,13);1H3,(H,3,4). The monoisotopic (exact) mass is 284 g/mol. The van der Waals surface area contributed by atoms with E-state index in [0.717, 1.165) is 6.92 Å². The van der Waals surface area contributed by atoms with Crippen LogP contribution in [-0.2, 0) is 4.79 Å². The number of hydrogen-bond donors (Lipinski definition) is 4. The Bertz CT molecular complexity index is 444. The van der Waals surface area contributed by atoms with E-state index >= 15 is 0 Å². The van der Waals surface area contributed by atoms with Gasteiger partial charge in [-0.05, 0) is 25.1 Å². The van der Waals surface area contributed by atoms with Crippen LogP contribution in [0.25, 0.3) is 0 Å². The summed E-state index contributed by atoms with van der Waals surface area (Å²) in [6, 6.07) is 5.02. The summed E-state index contributed by atoms with van der Waals surface area (Å²) in [5.74, 6) is 0.210. The molecule has 7 nitrogen and oxygen atoms in total. The van der Waals surface area contributed by atoms with E-state index in [1.807, 2.05) is 6.92 Å². The van der Waals surface area contributed by atoms with Gasteiger partial charge in [0.15, 0.2) is 11.5 Å². The van der Waals surface area contributed by atoms with Crippen molar-refractivity contribution in [2.75, 3.05) is 19.8 Å². The van der Waals surface area contributed by atoms with Gasteiger partial charge in [0.25, 0.3) is 5.97 Å². The van der Waals surface area contributed by atoms with Crippen LogP contribution in [0.1, 0.15) is 19.4 Å². The number of carboxylic acid groups (broad SMARTS) is 1. The van der Waals surface area contributed by atoms with Gasteiger partial charge < -0.3 is 25.4 Å². The van der Waals surface area contributed by atoms with Gasteiger partial charge in [0.1, 0.15) is 12.4 Å². The Kier molecular flexibility index (Phi) is 8.53. The maximum absolute atomic E-state index is 9.00. The first-order valence-electron chi connectivity index (χ1n) is 5.96. The number of nitrogens with one attached hydrogen (secondary N) is 1. The number of aliphatic carboxylic acids is 1. The molecule has 0 spiro atoms. The summed E-state index contributed by atoms with van der Waals surface area (Å²) in [6.45, 7) is 3.58. The molecule has 0 amide bonds. The maximum atomic E-state index is 9.00. The summed E-state index contributed by atoms with van der Waals surface area (Å²) < 4.78 is 10.7. The van der Waals surface area contributed by atoms with Gasteiger partial charge in [-0.1, -0.05) is 0 Å². The first-order valence-corrected chi connectivity index (χ1v) is 5.96. The molecule has 0 aliphatic heterocycles. The molecule has 0 saturated carbocycles. The van der Waals surface area contributed by atoms with Crippen LogP contribution in [0.5, 0.6) is 11.5 Å². The Morgan fingerprint density at radius 3 is 2.40 bits per heavy atom. The van der Waals surface area contributed by atoms with Crippen molar-refractivity contribution in [1.29, 1.82) is 5.41 Å². The molecule has 0 aliphatic rings. The second-order valence-electron chi connectivity index (χ2n) is 3.60. The molecule has 1 aromatic carbocycles. The normalized spacial score (nSPS) is 9.15. The van der Waals surface area contributed by atoms with Crippen molar-refractivity contribution in [2.24, 2.45) is 5.73 Å². The van der Waals surface area contributed by atoms with E-state index in [0.29, 0.717) is 23.7 Å². The number of benzene rings is 1. The molecule has 0 heterocycles. The number of ether oxygens (including phenoxy) is 2. The second kappa shape index (κ2) is 9.62. The Hall–Kier alpha value is -2.28. The molecule has 0 atom stereocenters. The topological polar surface area (TPSA) is 126 Å². The number of nitrogen functional groups attached to an aromatic ring is 1. The quantitative estimate of drug-likeness (QED) is 0.453. The van der Waals surface area contributed by atoms with Gasteiger partial charge >= 0.3 is 0 Å². The fraction of sp³-hybridized carbons (Fsp3) is 0.385. The third-order valence-corrected chi connectivity index (χ3v) is 1.90. The van der Waals surface area contributed by atoms with Crippen LogP contribution >= 0.6 is 0 Å². The van der Waals surface area contributed by atoms with Crippen LogP contribution in [0, 0.1) is 5.41 Å². The second-order valence-corrected chi connectivity index (χ2v) is 3.60. The fourth-order valence-electron chi connectivity index (χ4n) is 1.22. The Morgan fingerprint density at radius 1 is 1.35 bits per heavy atom. The minimum atomic E-state index is -0.833. The molecule has 0 saturated heterocycles. The molecular weight excluding hydrogens is 264 g/mol. The van der Waals surface area contributed by atoms with Crippen molar-refractivity contribution in [1.82, 2.24) is 0 Å². The molecule has 1 rings (SSSR count). The van der Waals surface area contributed by atoms with Crippen LogP contribution in [0.15, 0.2) is 18.2 Å². The number of aliphatic hydroxyl groups is 1. The molecule has 1 aromatic rings. The first-order chi connectivity index (χ1) is 9.42. The maximum Gasteiger partial charge on any atom is 0.300 e. The zero-order valence-electron chi connectivity index (χ0n) is 11.5. The number of nitrogens with two attached hydrogens (primary N) is 1. The number of carbonyl (C=O) groups is 1. The minimum Gasteiger partial charge on any atom is -0.490 e. The van der Waals surface area contributed by atoms with Crippen LogP contribution in [-0.4, -0.2) is 41.8 Å². The summed E-state index contributed by atoms with van der Waals surface area (Å²) >= 11 is 0. The van der Waals surface area contributed by atoms with Crippen molar-refractivity contribution in [3.05, 3.63) is 23.8 Å². The first kappa shape index (κ1) is 17.7. The predicted octanol–water partition coefficient (Wildman–Crippen LogP) is 0.831. The summed E-state index contributed by atoms with van der Waals surface area (Å²) in [7, 11) is 0. The molecule has 0 aliphatic carbocycles. The molecule has 5 N–H and O–H groups in total. The zero-order valence-corrected chi connectivity index (χ0v) is 11.5. The van der Waals surface area contributed by atoms with Gasteiger partial charge in [-0.15, -0.1) is 0 Å². The van der Waals surface area contributed by atoms with Crippen LogP contribution in [0.3, 0.4) is 0 Å². The molecule has 0 bridgehead atoms. The molecule has 20 heavy (non-hydrogen) atoms. The average Bonchev–Trinajstić information content (AvgIpc) is 2.37. The van der Waals surface area contributed by atoms with Crippen molar-refractivity contribution in [3.8, 4) is 11.5 Å². The highest BCUT2D eigenvalue weighted by Crippen LogP contribution is 2.28. The smallest absolute Gasteiger partial charge is 0.300 e. The third kappa shape index (κ3) is 7.22. The number of amidine groups is 1. The molecule has 7 heteroatoms. The van der Waals surface area contributed by atoms with E-state index in [2.05, 4.69) is 0 Å². The summed E-state index contributed by atoms with van der Waals surface area (Å²) in [5.41, 5.74) is 5.94. The highest BCUT2D eigenvalue weighted by atomic mass is 16.5. The largest absolute Gasteiger partial charge is 0.490 e. The van der Waals surface area contributed by atoms with E-state index in [4.69, 9.17) is 35.6 Å². The SMILES string of the molecule is CC(=O)O.CCOc1ccc(C(=N)N)cc1OCCO. The van der Waals surface area contributed by atoms with Gasteiger partial charge in [-0.3, -0.25) is 10.2 Å². The van der Waals surface area contributed by atoms with E-state index < -0.39 is 5.97 Å². The molecule has 0 unspecified atom stereocenters. The lowest BCUT2D eigenvalue weighted by atomic mass is 10.2. The van der Waals surface area contributed by atoms with Crippen molar-refractivity contribution in [3.63, 3.8) is 0 Å². The number of carboxylic acids is 1. The van der Waals surface area contributed by atoms with Crippen LogP contribution in [0.4, 0.5) is 0 Å². The van der Waals surface area contributed by atoms with Crippen molar-refractivity contribution in [2.45, 2.75) is 13.8 Å². The van der Waals surface area contributed by atoms with Crippen LogP contribution in [0.2, 0.25) is 0 Å². The lowest BCUT2D eigenvalue weighted by molar-refractivity contribution is -0.134. The summed E-state index contributed by atoms with van der Waals surface area (Å²) in [6.07, 6.45) is 0. The predicted molar refractivity (Wildman–Crippen MR) is 74.5 cm³/mol. The van der Waals surface area contributed by atoms with E-state index in [1.165, 1.54) is 0 Å². The van der Waals surface area contributed by atoms with Crippen molar-refractivity contribution >= 4 is 11.8 Å². The Balaban J connectivity index is 0.000000796. The van der Waals surface area contributed by atoms with Crippen molar-refractivity contribution < 1.29 is 24.5 Å². The lowest BCUT2D eigenvalue weighted by Crippen LogP contribution is -2.12. The lowest BCUT2D eigenvalue weighted by Gasteiger charge is -2.12. The Labute approximate surface area is 117 Å². The molecule has 0 aromatic heterocycles. The van der Waals surface area contributed by atoms with E-state index in [-0.39, 0.29) is 19.0 Å². The Morgan fingerprint density at radius 2 is 1.95 bits per heavy atom. The van der Waals surface area contributed by atoms with Gasteiger partial charge in [0.2, 0.25) is 0 Å². The zero-order chi connectivity index (χ0) is 15.5. The number of rotatable bonds is 6. The summed E-state index contributed by atoms with van der Waals surface area (Å²) in [5, 5.41) is 23.4. The highest BCUT2D eigenvalue weighted by Gasteiger charge is 2.07. The van der Waals surface area contributed by atoms with Gasteiger partial charge in [-0.2, -0.15) is 0 Å². The third-order valence-electron chi connectivity index (χ3n) is 1.90. The van der Waals surface area contributed by atoms with E-state index in [9.17, 15) is 0 Å². The van der Waals surface area contributed by atoms with Gasteiger partial charge in [0.05, 0.1) is 13.2 Å². The highest BCUT2D eigenvalue weighted by molar-refractivity contribution is 5.95. The minimum absolute atomic E-state index is 0.0307. The molecular formula is C13H20N2O5. The summed E-state index contributed by atoms with van der Waals surface area (Å²) in [4.78, 5) is 9.00.